The molecule has 0 fully saturated rings. The molecule has 0 bridgehead atoms. The third-order valence-electron chi connectivity index (χ3n) is 8.16. The number of hydrogen-bond donors (Lipinski definition) is 0. The van der Waals surface area contributed by atoms with Crippen LogP contribution in [-0.2, 0) is 0 Å². The molecule has 0 amide bonds. The van der Waals surface area contributed by atoms with Gasteiger partial charge in [-0.05, 0) is 77.9 Å². The highest BCUT2D eigenvalue weighted by Gasteiger charge is 2.29. The van der Waals surface area contributed by atoms with Crippen molar-refractivity contribution in [2.45, 2.75) is 13.8 Å². The lowest BCUT2D eigenvalue weighted by atomic mass is 9.91. The Morgan fingerprint density at radius 2 is 1.19 bits per heavy atom. The van der Waals surface area contributed by atoms with E-state index in [1.807, 2.05) is 60.7 Å². The van der Waals surface area contributed by atoms with E-state index >= 15 is 0 Å². The molecule has 0 N–H and O–H groups in total. The second-order valence-electron chi connectivity index (χ2n) is 10.6. The predicted octanol–water partition coefficient (Wildman–Crippen LogP) is 8.88. The fourth-order valence-corrected chi connectivity index (χ4v) is 6.30. The van der Waals surface area contributed by atoms with Gasteiger partial charge in [0.25, 0.3) is 0 Å². The Morgan fingerprint density at radius 3 is 1.83 bits per heavy atom. The molecule has 196 valence electrons. The molecule has 5 aromatic carbocycles. The summed E-state index contributed by atoms with van der Waals surface area (Å²) in [5, 5.41) is 21.2. The van der Waals surface area contributed by atoms with Gasteiger partial charge in [-0.25, -0.2) is 9.97 Å². The smallest absolute Gasteiger partial charge is 0.177 e. The average molecular weight is 540 g/mol. The van der Waals surface area contributed by atoms with E-state index in [0.29, 0.717) is 11.4 Å². The van der Waals surface area contributed by atoms with Gasteiger partial charge in [-0.2, -0.15) is 10.5 Å². The Morgan fingerprint density at radius 1 is 0.595 bits per heavy atom. The van der Waals surface area contributed by atoms with Crippen molar-refractivity contribution in [3.05, 3.63) is 114 Å². The summed E-state index contributed by atoms with van der Waals surface area (Å²) >= 11 is 0. The molecule has 1 aromatic heterocycles. The fourth-order valence-electron chi connectivity index (χ4n) is 6.30. The van der Waals surface area contributed by atoms with Crippen molar-refractivity contribution >= 4 is 27.8 Å². The highest BCUT2D eigenvalue weighted by molar-refractivity contribution is 6.17. The minimum absolute atomic E-state index is 0.0506. The molecule has 1 aliphatic heterocycles. The molecule has 8 rings (SSSR count). The number of benzene rings is 5. The van der Waals surface area contributed by atoms with Crippen LogP contribution in [0.25, 0.3) is 44.4 Å². The van der Waals surface area contributed by atoms with Crippen molar-refractivity contribution < 1.29 is 4.74 Å². The van der Waals surface area contributed by atoms with E-state index in [2.05, 4.69) is 71.2 Å². The molecule has 0 spiro atoms. The van der Waals surface area contributed by atoms with Crippen molar-refractivity contribution in [1.29, 1.82) is 10.5 Å². The maximum Gasteiger partial charge on any atom is 0.177 e. The van der Waals surface area contributed by atoms with Gasteiger partial charge in [0.05, 0.1) is 22.8 Å². The summed E-state index contributed by atoms with van der Waals surface area (Å²) in [4.78, 5) is 11.4. The molecule has 2 heterocycles. The number of fused-ring (bicyclic) bond motifs is 5. The summed E-state index contributed by atoms with van der Waals surface area (Å²) in [5.74, 6) is 1.65. The molecule has 6 nitrogen and oxygen atoms in total. The zero-order valence-electron chi connectivity index (χ0n) is 22.8. The van der Waals surface area contributed by atoms with E-state index in [1.165, 1.54) is 0 Å². The molecule has 0 saturated heterocycles. The SMILES string of the molecule is Cc1cc(N2c3ccccc3Oc3ccccc32)c(C)cc1-c1ccc2c3c(cccc13)-c1nc(C#N)c(C#N)nc1-2. The summed E-state index contributed by atoms with van der Waals surface area (Å²) in [6.45, 7) is 4.30. The van der Waals surface area contributed by atoms with Gasteiger partial charge < -0.3 is 9.64 Å². The van der Waals surface area contributed by atoms with Crippen LogP contribution in [0, 0.1) is 36.5 Å². The van der Waals surface area contributed by atoms with Crippen molar-refractivity contribution in [3.8, 4) is 57.3 Å². The van der Waals surface area contributed by atoms with E-state index in [-0.39, 0.29) is 11.4 Å². The lowest BCUT2D eigenvalue weighted by molar-refractivity contribution is 0.477. The lowest BCUT2D eigenvalue weighted by Crippen LogP contribution is -2.16. The van der Waals surface area contributed by atoms with Gasteiger partial charge in [-0.3, -0.25) is 0 Å². The second kappa shape index (κ2) is 8.76. The van der Waals surface area contributed by atoms with Crippen LogP contribution in [0.4, 0.5) is 17.1 Å². The van der Waals surface area contributed by atoms with Crippen molar-refractivity contribution in [2.24, 2.45) is 0 Å². The van der Waals surface area contributed by atoms with E-state index in [1.54, 1.807) is 0 Å². The maximum absolute atomic E-state index is 9.55. The van der Waals surface area contributed by atoms with Crippen LogP contribution in [0.2, 0.25) is 0 Å². The van der Waals surface area contributed by atoms with Crippen molar-refractivity contribution in [1.82, 2.24) is 9.97 Å². The molecule has 0 radical (unpaired) electrons. The molecule has 1 aliphatic carbocycles. The average Bonchev–Trinajstić information content (AvgIpc) is 3.34. The van der Waals surface area contributed by atoms with Gasteiger partial charge in [-0.15, -0.1) is 0 Å². The van der Waals surface area contributed by atoms with Crippen LogP contribution in [0.3, 0.4) is 0 Å². The lowest BCUT2D eigenvalue weighted by Gasteiger charge is -2.34. The van der Waals surface area contributed by atoms with E-state index in [4.69, 9.17) is 4.74 Å². The van der Waals surface area contributed by atoms with Crippen molar-refractivity contribution in [3.63, 3.8) is 0 Å². The predicted molar refractivity (Wildman–Crippen MR) is 163 cm³/mol. The van der Waals surface area contributed by atoms with Crippen LogP contribution in [0.1, 0.15) is 22.5 Å². The highest BCUT2D eigenvalue weighted by Crippen LogP contribution is 2.52. The largest absolute Gasteiger partial charge is 0.453 e. The summed E-state index contributed by atoms with van der Waals surface area (Å²) in [7, 11) is 0. The number of nitriles is 2. The topological polar surface area (TPSA) is 85.8 Å². The number of aromatic nitrogens is 2. The first-order valence-electron chi connectivity index (χ1n) is 13.6. The molecular weight excluding hydrogens is 518 g/mol. The van der Waals surface area contributed by atoms with E-state index < -0.39 is 0 Å². The Hall–Kier alpha value is -5.98. The van der Waals surface area contributed by atoms with Crippen LogP contribution in [0.5, 0.6) is 11.5 Å². The van der Waals surface area contributed by atoms with Crippen LogP contribution >= 0.6 is 0 Å². The first-order valence-corrected chi connectivity index (χ1v) is 13.6. The number of ether oxygens (including phenoxy) is 1. The number of hydrogen-bond acceptors (Lipinski definition) is 6. The van der Waals surface area contributed by atoms with Gasteiger partial charge in [0.2, 0.25) is 0 Å². The molecule has 6 aromatic rings. The quantitative estimate of drug-likeness (QED) is 0.218. The summed E-state index contributed by atoms with van der Waals surface area (Å²) in [6, 6.07) is 35.1. The minimum Gasteiger partial charge on any atom is -0.453 e. The molecule has 42 heavy (non-hydrogen) atoms. The van der Waals surface area contributed by atoms with Gasteiger partial charge in [0.15, 0.2) is 22.9 Å². The number of nitrogens with zero attached hydrogens (tertiary/aromatic N) is 5. The normalized spacial score (nSPS) is 12.1. The van der Waals surface area contributed by atoms with E-state index in [9.17, 15) is 10.5 Å². The van der Waals surface area contributed by atoms with Crippen LogP contribution < -0.4 is 9.64 Å². The number of aryl methyl sites for hydroxylation is 2. The first kappa shape index (κ1) is 23.9. The monoisotopic (exact) mass is 539 g/mol. The molecule has 0 unspecified atom stereocenters. The molecule has 2 aliphatic rings. The second-order valence-corrected chi connectivity index (χ2v) is 10.6. The zero-order chi connectivity index (χ0) is 28.5. The third-order valence-corrected chi connectivity index (χ3v) is 8.16. The summed E-state index contributed by atoms with van der Waals surface area (Å²) in [5.41, 5.74) is 10.9. The minimum atomic E-state index is 0.0506. The van der Waals surface area contributed by atoms with Gasteiger partial charge >= 0.3 is 0 Å². The maximum atomic E-state index is 9.55. The van der Waals surface area contributed by atoms with Crippen molar-refractivity contribution in [2.75, 3.05) is 4.90 Å². The molecule has 0 saturated carbocycles. The first-order chi connectivity index (χ1) is 20.6. The Labute approximate surface area is 242 Å². The fraction of sp³-hybridized carbons (Fsp3) is 0.0556. The third kappa shape index (κ3) is 3.24. The molecular formula is C36H21N5O. The van der Waals surface area contributed by atoms with Gasteiger partial charge in [-0.1, -0.05) is 54.6 Å². The van der Waals surface area contributed by atoms with Crippen LogP contribution in [-0.4, -0.2) is 9.97 Å². The molecule has 0 atom stereocenters. The number of rotatable bonds is 2. The standard InChI is InChI=1S/C36H21N5O/c1-20-17-31(41-29-10-3-5-12-32(29)42-33-13-6-4-11-30(33)41)21(2)16-26(20)22-14-15-25-34-23(22)8-7-9-24(34)35-36(25)40-28(19-38)27(18-37)39-35/h3-17H,1-2H3. The van der Waals surface area contributed by atoms with Gasteiger partial charge in [0, 0.05) is 22.2 Å². The Kier molecular flexibility index (Phi) is 4.98. The number of para-hydroxylation sites is 4. The number of anilines is 3. The highest BCUT2D eigenvalue weighted by atomic mass is 16.5. The van der Waals surface area contributed by atoms with E-state index in [0.717, 1.165) is 72.7 Å². The van der Waals surface area contributed by atoms with Crippen LogP contribution in [0.15, 0.2) is 91.0 Å². The molecule has 6 heteroatoms. The zero-order valence-corrected chi connectivity index (χ0v) is 22.8. The van der Waals surface area contributed by atoms with Gasteiger partial charge in [0.1, 0.15) is 12.1 Å². The Balaban J connectivity index is 1.31. The summed E-state index contributed by atoms with van der Waals surface area (Å²) < 4.78 is 6.24. The Bertz CT molecular complexity index is 2150. The summed E-state index contributed by atoms with van der Waals surface area (Å²) in [6.07, 6.45) is 0.